The van der Waals surface area contributed by atoms with Gasteiger partial charge in [-0.15, -0.1) is 0 Å². The molecular formula is C14H20N4O2. The number of carbonyl (C=O) groups excluding carboxylic acids is 1. The lowest BCUT2D eigenvalue weighted by molar-refractivity contribution is -0.121. The van der Waals surface area contributed by atoms with E-state index in [0.717, 1.165) is 17.9 Å². The SMILES string of the molecule is Cc1ccc(N2CCN(CC(C)(C)N=O)CC2=O)cn1. The average molecular weight is 276 g/mol. The molecule has 2 rings (SSSR count). The molecule has 0 bridgehead atoms. The van der Waals surface area contributed by atoms with Gasteiger partial charge in [0.2, 0.25) is 5.91 Å². The number of hydrogen-bond acceptors (Lipinski definition) is 5. The Hall–Kier alpha value is -1.82. The Balaban J connectivity index is 2.01. The first-order chi connectivity index (χ1) is 9.41. The standard InChI is InChI=1S/C14H20N4O2/c1-11-4-5-12(8-15-11)18-7-6-17(9-13(18)19)10-14(2,3)16-20/h4-5,8H,6-7,9-10H2,1-3H3. The predicted molar refractivity (Wildman–Crippen MR) is 77.6 cm³/mol. The highest BCUT2D eigenvalue weighted by molar-refractivity contribution is 5.95. The summed E-state index contributed by atoms with van der Waals surface area (Å²) < 4.78 is 0. The Bertz CT molecular complexity index is 498. The molecule has 0 spiro atoms. The molecule has 0 unspecified atom stereocenters. The van der Waals surface area contributed by atoms with E-state index in [4.69, 9.17) is 0 Å². The Morgan fingerprint density at radius 1 is 1.35 bits per heavy atom. The summed E-state index contributed by atoms with van der Waals surface area (Å²) in [6, 6.07) is 3.81. The second kappa shape index (κ2) is 5.66. The number of pyridine rings is 1. The first-order valence-electron chi connectivity index (χ1n) is 6.71. The molecule has 0 N–H and O–H groups in total. The highest BCUT2D eigenvalue weighted by Gasteiger charge is 2.29. The van der Waals surface area contributed by atoms with E-state index in [0.29, 0.717) is 19.6 Å². The molecular weight excluding hydrogens is 256 g/mol. The van der Waals surface area contributed by atoms with Crippen molar-refractivity contribution in [1.82, 2.24) is 9.88 Å². The third kappa shape index (κ3) is 3.39. The van der Waals surface area contributed by atoms with E-state index in [1.165, 1.54) is 0 Å². The minimum Gasteiger partial charge on any atom is -0.308 e. The lowest BCUT2D eigenvalue weighted by atomic mass is 10.1. The van der Waals surface area contributed by atoms with Crippen molar-refractivity contribution in [3.63, 3.8) is 0 Å². The molecule has 1 aliphatic heterocycles. The Morgan fingerprint density at radius 2 is 2.10 bits per heavy atom. The number of nitrogens with zero attached hydrogens (tertiary/aromatic N) is 4. The molecule has 6 heteroatoms. The maximum absolute atomic E-state index is 12.2. The molecule has 0 aliphatic carbocycles. The Morgan fingerprint density at radius 3 is 2.65 bits per heavy atom. The molecule has 0 aromatic carbocycles. The van der Waals surface area contributed by atoms with Gasteiger partial charge < -0.3 is 4.90 Å². The highest BCUT2D eigenvalue weighted by atomic mass is 16.3. The Kier molecular flexibility index (Phi) is 4.13. The summed E-state index contributed by atoms with van der Waals surface area (Å²) in [6.45, 7) is 7.63. The van der Waals surface area contributed by atoms with Gasteiger partial charge in [-0.25, -0.2) is 0 Å². The van der Waals surface area contributed by atoms with Crippen molar-refractivity contribution in [2.45, 2.75) is 26.3 Å². The van der Waals surface area contributed by atoms with Gasteiger partial charge in [0, 0.05) is 25.3 Å². The fourth-order valence-corrected chi connectivity index (χ4v) is 2.33. The summed E-state index contributed by atoms with van der Waals surface area (Å²) >= 11 is 0. The zero-order valence-corrected chi connectivity index (χ0v) is 12.2. The van der Waals surface area contributed by atoms with Crippen LogP contribution in [0.25, 0.3) is 0 Å². The van der Waals surface area contributed by atoms with Gasteiger partial charge in [0.25, 0.3) is 0 Å². The van der Waals surface area contributed by atoms with Crippen molar-refractivity contribution >= 4 is 11.6 Å². The molecule has 1 aliphatic rings. The summed E-state index contributed by atoms with van der Waals surface area (Å²) in [5.74, 6) is 0.0311. The van der Waals surface area contributed by atoms with Gasteiger partial charge in [-0.1, -0.05) is 5.18 Å². The number of nitroso groups, excluding NO2 is 1. The van der Waals surface area contributed by atoms with Crippen molar-refractivity contribution in [1.29, 1.82) is 0 Å². The van der Waals surface area contributed by atoms with E-state index in [-0.39, 0.29) is 5.91 Å². The van der Waals surface area contributed by atoms with Crippen LogP contribution in [0, 0.1) is 11.8 Å². The fourth-order valence-electron chi connectivity index (χ4n) is 2.33. The first kappa shape index (κ1) is 14.6. The lowest BCUT2D eigenvalue weighted by Gasteiger charge is -2.36. The van der Waals surface area contributed by atoms with E-state index in [2.05, 4.69) is 10.2 Å². The van der Waals surface area contributed by atoms with E-state index in [1.54, 1.807) is 24.9 Å². The molecule has 20 heavy (non-hydrogen) atoms. The molecule has 1 aromatic heterocycles. The van der Waals surface area contributed by atoms with Gasteiger partial charge in [0.1, 0.15) is 5.54 Å². The number of hydrogen-bond donors (Lipinski definition) is 0. The van der Waals surface area contributed by atoms with Crippen LogP contribution in [0.4, 0.5) is 5.69 Å². The number of carbonyl (C=O) groups is 1. The maximum atomic E-state index is 12.2. The second-order valence-corrected chi connectivity index (χ2v) is 5.82. The van der Waals surface area contributed by atoms with Crippen LogP contribution >= 0.6 is 0 Å². The first-order valence-corrected chi connectivity index (χ1v) is 6.71. The minimum atomic E-state index is -0.659. The zero-order valence-electron chi connectivity index (χ0n) is 12.2. The topological polar surface area (TPSA) is 65.9 Å². The minimum absolute atomic E-state index is 0.0311. The van der Waals surface area contributed by atoms with Crippen LogP contribution < -0.4 is 4.90 Å². The number of amides is 1. The molecule has 1 saturated heterocycles. The molecule has 1 aromatic rings. The summed E-state index contributed by atoms with van der Waals surface area (Å²) in [7, 11) is 0. The number of anilines is 1. The van der Waals surface area contributed by atoms with Gasteiger partial charge >= 0.3 is 0 Å². The average Bonchev–Trinajstić information content (AvgIpc) is 2.40. The van der Waals surface area contributed by atoms with Crippen molar-refractivity contribution in [3.05, 3.63) is 28.9 Å². The molecule has 0 radical (unpaired) electrons. The third-order valence-electron chi connectivity index (χ3n) is 3.36. The molecule has 1 amide bonds. The van der Waals surface area contributed by atoms with Crippen molar-refractivity contribution in [3.8, 4) is 0 Å². The fraction of sp³-hybridized carbons (Fsp3) is 0.571. The third-order valence-corrected chi connectivity index (χ3v) is 3.36. The second-order valence-electron chi connectivity index (χ2n) is 5.82. The van der Waals surface area contributed by atoms with E-state index >= 15 is 0 Å². The van der Waals surface area contributed by atoms with Crippen molar-refractivity contribution in [2.24, 2.45) is 5.18 Å². The van der Waals surface area contributed by atoms with E-state index in [9.17, 15) is 9.70 Å². The normalized spacial score (nSPS) is 17.4. The molecule has 0 atom stereocenters. The molecule has 6 nitrogen and oxygen atoms in total. The van der Waals surface area contributed by atoms with Crippen LogP contribution in [0.3, 0.4) is 0 Å². The quantitative estimate of drug-likeness (QED) is 0.783. The zero-order chi connectivity index (χ0) is 14.8. The van der Waals surface area contributed by atoms with Gasteiger partial charge in [-0.05, 0) is 32.9 Å². The van der Waals surface area contributed by atoms with Crippen LogP contribution in [0.15, 0.2) is 23.5 Å². The van der Waals surface area contributed by atoms with E-state index in [1.807, 2.05) is 24.0 Å². The van der Waals surface area contributed by atoms with Gasteiger partial charge in [0.05, 0.1) is 18.4 Å². The van der Waals surface area contributed by atoms with Crippen LogP contribution in [-0.2, 0) is 4.79 Å². The van der Waals surface area contributed by atoms with Crippen molar-refractivity contribution in [2.75, 3.05) is 31.1 Å². The lowest BCUT2D eigenvalue weighted by Crippen LogP contribution is -2.53. The van der Waals surface area contributed by atoms with Gasteiger partial charge in [-0.3, -0.25) is 14.7 Å². The Labute approximate surface area is 118 Å². The van der Waals surface area contributed by atoms with Crippen LogP contribution in [-0.4, -0.2) is 47.5 Å². The number of piperazine rings is 1. The smallest absolute Gasteiger partial charge is 0.241 e. The van der Waals surface area contributed by atoms with Gasteiger partial charge in [0.15, 0.2) is 0 Å². The van der Waals surface area contributed by atoms with Crippen LogP contribution in [0.5, 0.6) is 0 Å². The number of rotatable bonds is 4. The summed E-state index contributed by atoms with van der Waals surface area (Å²) in [5.41, 5.74) is 1.10. The summed E-state index contributed by atoms with van der Waals surface area (Å²) in [4.78, 5) is 30.9. The largest absolute Gasteiger partial charge is 0.308 e. The molecule has 2 heterocycles. The monoisotopic (exact) mass is 276 g/mol. The molecule has 108 valence electrons. The van der Waals surface area contributed by atoms with Crippen LogP contribution in [0.1, 0.15) is 19.5 Å². The molecule has 0 saturated carbocycles. The van der Waals surface area contributed by atoms with Gasteiger partial charge in [-0.2, -0.15) is 4.91 Å². The number of aromatic nitrogens is 1. The van der Waals surface area contributed by atoms with Crippen molar-refractivity contribution < 1.29 is 4.79 Å². The summed E-state index contributed by atoms with van der Waals surface area (Å²) in [6.07, 6.45) is 1.72. The van der Waals surface area contributed by atoms with E-state index < -0.39 is 5.54 Å². The molecule has 1 fully saturated rings. The number of aryl methyl sites for hydroxylation is 1. The highest BCUT2D eigenvalue weighted by Crippen LogP contribution is 2.18. The maximum Gasteiger partial charge on any atom is 0.241 e. The van der Waals surface area contributed by atoms with Crippen LogP contribution in [0.2, 0.25) is 0 Å². The predicted octanol–water partition coefficient (Wildman–Crippen LogP) is 1.58. The summed E-state index contributed by atoms with van der Waals surface area (Å²) in [5, 5.41) is 3.10.